The van der Waals surface area contributed by atoms with E-state index in [0.29, 0.717) is 12.1 Å². The van der Waals surface area contributed by atoms with Crippen molar-refractivity contribution in [2.45, 2.75) is 37.5 Å². The summed E-state index contributed by atoms with van der Waals surface area (Å²) in [5.41, 5.74) is -7.98. The maximum Gasteiger partial charge on any atom is 0.501 e. The summed E-state index contributed by atoms with van der Waals surface area (Å²) in [5.74, 6) is -9.16. The van der Waals surface area contributed by atoms with E-state index in [0.717, 1.165) is 18.2 Å². The fraction of sp³-hybridized carbons (Fsp3) is 0.278. The number of alkyl halides is 10. The van der Waals surface area contributed by atoms with Gasteiger partial charge in [0, 0.05) is 11.0 Å². The average molecular weight is 636 g/mol. The van der Waals surface area contributed by atoms with Crippen molar-refractivity contribution in [1.82, 2.24) is 0 Å². The third kappa shape index (κ3) is 6.80. The highest BCUT2D eigenvalue weighted by Gasteiger charge is 2.73. The Balaban J connectivity index is 2.31. The average Bonchev–Trinajstić information content (AvgIpc) is 2.78. The molecule has 1 unspecified atom stereocenters. The third-order valence-electron chi connectivity index (χ3n) is 4.37. The highest BCUT2D eigenvalue weighted by atomic mass is 32.2. The number of carbonyl (C=O) groups is 1. The lowest BCUT2D eigenvalue weighted by Crippen LogP contribution is -2.49. The zero-order chi connectivity index (χ0) is 30.2. The van der Waals surface area contributed by atoms with Crippen molar-refractivity contribution in [3.8, 4) is 0 Å². The second kappa shape index (κ2) is 10.9. The van der Waals surface area contributed by atoms with Crippen molar-refractivity contribution in [3.05, 3.63) is 52.6 Å². The van der Waals surface area contributed by atoms with Gasteiger partial charge in [-0.3, -0.25) is 19.1 Å². The van der Waals surface area contributed by atoms with Crippen molar-refractivity contribution in [1.29, 1.82) is 0 Å². The molecule has 0 radical (unpaired) electrons. The van der Waals surface area contributed by atoms with Crippen LogP contribution >= 0.6 is 11.8 Å². The molecule has 21 heteroatoms. The molecule has 0 aliphatic heterocycles. The lowest BCUT2D eigenvalue weighted by molar-refractivity contribution is -0.388. The van der Waals surface area contributed by atoms with Gasteiger partial charge in [-0.1, -0.05) is 12.1 Å². The van der Waals surface area contributed by atoms with Crippen LogP contribution in [0.2, 0.25) is 0 Å². The number of anilines is 1. The van der Waals surface area contributed by atoms with Crippen LogP contribution in [0.5, 0.6) is 0 Å². The number of carbonyl (C=O) groups excluding carboxylic acids is 1. The maximum absolute atomic E-state index is 13.8. The van der Waals surface area contributed by atoms with Crippen molar-refractivity contribution < 1.29 is 66.2 Å². The quantitative estimate of drug-likeness (QED) is 0.167. The fourth-order valence-electron chi connectivity index (χ4n) is 2.54. The van der Waals surface area contributed by atoms with Gasteiger partial charge in [0.2, 0.25) is 5.91 Å². The number of thioether (sulfide) groups is 1. The third-order valence-corrected chi connectivity index (χ3v) is 8.30. The Morgan fingerprint density at radius 2 is 1.54 bits per heavy atom. The van der Waals surface area contributed by atoms with E-state index >= 15 is 0 Å². The SMILES string of the molecule is O=C(CS(=O)c1ccc(S(=O)(=O)C(F)(F)F)cc1[N+](=O)[O-])Nc1ccccc1SC(F)(F)C(F)(F)C(F)(F)F. The smallest absolute Gasteiger partial charge is 0.324 e. The molecule has 0 saturated heterocycles. The van der Waals surface area contributed by atoms with Gasteiger partial charge >= 0.3 is 22.9 Å². The number of amides is 1. The van der Waals surface area contributed by atoms with Gasteiger partial charge in [-0.15, -0.1) is 0 Å². The fourth-order valence-corrected chi connectivity index (χ4v) is 5.27. The number of nitro groups is 1. The molecule has 1 N–H and O–H groups in total. The van der Waals surface area contributed by atoms with E-state index in [1.54, 1.807) is 5.32 Å². The second-order valence-corrected chi connectivity index (χ2v) is 11.6. The van der Waals surface area contributed by atoms with E-state index in [2.05, 4.69) is 0 Å². The van der Waals surface area contributed by atoms with E-state index in [-0.39, 0.29) is 12.1 Å². The minimum absolute atomic E-state index is 0.0528. The Morgan fingerprint density at radius 3 is 2.05 bits per heavy atom. The molecule has 0 bridgehead atoms. The van der Waals surface area contributed by atoms with Gasteiger partial charge < -0.3 is 5.32 Å². The van der Waals surface area contributed by atoms with Crippen LogP contribution in [0.1, 0.15) is 0 Å². The summed E-state index contributed by atoms with van der Waals surface area (Å²) in [5, 5.41) is 7.29. The molecule has 39 heavy (non-hydrogen) atoms. The van der Waals surface area contributed by atoms with Crippen LogP contribution in [-0.4, -0.2) is 52.1 Å². The van der Waals surface area contributed by atoms with Crippen LogP contribution in [0.3, 0.4) is 0 Å². The summed E-state index contributed by atoms with van der Waals surface area (Å²) in [7, 11) is -8.83. The molecule has 8 nitrogen and oxygen atoms in total. The summed E-state index contributed by atoms with van der Waals surface area (Å²) in [6.07, 6.45) is -6.64. The lowest BCUT2D eigenvalue weighted by Gasteiger charge is -2.28. The Kier molecular flexibility index (Phi) is 9.03. The van der Waals surface area contributed by atoms with Crippen LogP contribution in [0.4, 0.5) is 55.3 Å². The number of nitrogens with one attached hydrogen (secondary N) is 1. The van der Waals surface area contributed by atoms with Crippen molar-refractivity contribution >= 4 is 49.7 Å². The van der Waals surface area contributed by atoms with Crippen LogP contribution < -0.4 is 5.32 Å². The Labute approximate surface area is 217 Å². The van der Waals surface area contributed by atoms with E-state index < -0.39 is 97.9 Å². The first-order valence-electron chi connectivity index (χ1n) is 9.41. The molecule has 2 aromatic carbocycles. The molecule has 2 aromatic rings. The highest BCUT2D eigenvalue weighted by Crippen LogP contribution is 2.54. The topological polar surface area (TPSA) is 123 Å². The Bertz CT molecular complexity index is 1410. The zero-order valence-corrected chi connectivity index (χ0v) is 20.6. The standard InChI is InChI=1S/C18H10F10N2O6S3/c19-15(20,16(21,22)23)17(24,25)37-12-4-2-1-3-10(12)29-14(31)8-38(34)13-6-5-9(7-11(13)30(32)33)39(35,36)18(26,27)28/h1-7H,8H2,(H,29,31). The molecular formula is C18H10F10N2O6S3. The summed E-state index contributed by atoms with van der Waals surface area (Å²) < 4.78 is 165. The van der Waals surface area contributed by atoms with Crippen molar-refractivity contribution in [2.24, 2.45) is 0 Å². The predicted octanol–water partition coefficient (Wildman–Crippen LogP) is 5.52. The van der Waals surface area contributed by atoms with Crippen LogP contribution in [0.15, 0.2) is 57.2 Å². The molecule has 0 aromatic heterocycles. The molecule has 216 valence electrons. The monoisotopic (exact) mass is 636 g/mol. The van der Waals surface area contributed by atoms with Gasteiger partial charge in [0.05, 0.1) is 26.3 Å². The molecular weight excluding hydrogens is 626 g/mol. The summed E-state index contributed by atoms with van der Waals surface area (Å²) >= 11 is -1.26. The number of nitro benzene ring substituents is 1. The summed E-state index contributed by atoms with van der Waals surface area (Å²) in [6, 6.07) is 3.97. The lowest BCUT2D eigenvalue weighted by atomic mass is 10.3. The minimum atomic E-state index is -6.64. The van der Waals surface area contributed by atoms with Gasteiger partial charge in [0.1, 0.15) is 10.6 Å². The van der Waals surface area contributed by atoms with Gasteiger partial charge in [-0.25, -0.2) is 8.42 Å². The maximum atomic E-state index is 13.8. The molecule has 0 saturated carbocycles. The van der Waals surface area contributed by atoms with E-state index in [4.69, 9.17) is 0 Å². The van der Waals surface area contributed by atoms with Gasteiger partial charge in [-0.05, 0) is 36.0 Å². The van der Waals surface area contributed by atoms with Crippen LogP contribution in [-0.2, 0) is 25.4 Å². The minimum Gasteiger partial charge on any atom is -0.324 e. The highest BCUT2D eigenvalue weighted by molar-refractivity contribution is 8.00. The molecule has 0 aliphatic carbocycles. The molecule has 0 spiro atoms. The Morgan fingerprint density at radius 1 is 0.974 bits per heavy atom. The molecule has 1 atom stereocenters. The van der Waals surface area contributed by atoms with E-state index in [1.165, 1.54) is 0 Å². The summed E-state index contributed by atoms with van der Waals surface area (Å²) in [4.78, 5) is 18.6. The van der Waals surface area contributed by atoms with E-state index in [1.807, 2.05) is 0 Å². The summed E-state index contributed by atoms with van der Waals surface area (Å²) in [6.45, 7) is 0. The molecule has 0 fully saturated rings. The number of benzene rings is 2. The van der Waals surface area contributed by atoms with Crippen molar-refractivity contribution in [3.63, 3.8) is 0 Å². The second-order valence-electron chi connectivity index (χ2n) is 7.06. The molecule has 0 heterocycles. The van der Waals surface area contributed by atoms with Gasteiger partial charge in [-0.2, -0.15) is 43.9 Å². The normalized spacial score (nSPS) is 14.1. The number of sulfone groups is 1. The Hall–Kier alpha value is -2.94. The zero-order valence-electron chi connectivity index (χ0n) is 18.1. The van der Waals surface area contributed by atoms with E-state index in [9.17, 15) is 71.4 Å². The number of para-hydroxylation sites is 1. The number of hydrogen-bond acceptors (Lipinski definition) is 7. The predicted molar refractivity (Wildman–Crippen MR) is 114 cm³/mol. The van der Waals surface area contributed by atoms with Gasteiger partial charge in [0.25, 0.3) is 15.5 Å². The first-order valence-corrected chi connectivity index (χ1v) is 13.0. The van der Waals surface area contributed by atoms with Crippen molar-refractivity contribution in [2.75, 3.05) is 11.1 Å². The largest absolute Gasteiger partial charge is 0.501 e. The molecule has 1 amide bonds. The molecule has 2 rings (SSSR count). The van der Waals surface area contributed by atoms with Gasteiger partial charge in [0.15, 0.2) is 0 Å². The number of nitrogens with zero attached hydrogens (tertiary/aromatic N) is 1. The number of halogens is 10. The first-order chi connectivity index (χ1) is 17.5. The van der Waals surface area contributed by atoms with Crippen LogP contribution in [0, 0.1) is 10.1 Å². The first kappa shape index (κ1) is 32.3. The number of hydrogen-bond donors (Lipinski definition) is 1. The van der Waals surface area contributed by atoms with Crippen LogP contribution in [0.25, 0.3) is 0 Å². The molecule has 0 aliphatic rings. The number of rotatable bonds is 9.